The number of nitrogens with two attached hydrogens (primary N) is 1. The molecule has 0 fully saturated rings. The molecule has 2 aromatic heterocycles. The Kier molecular flexibility index (Phi) is 3.49. The van der Waals surface area contributed by atoms with Crippen molar-refractivity contribution in [2.75, 3.05) is 11.1 Å². The molecule has 0 saturated carbocycles. The lowest BCUT2D eigenvalue weighted by Crippen LogP contribution is -1.94. The quantitative estimate of drug-likeness (QED) is 0.437. The normalized spacial score (nSPS) is 11.1. The highest BCUT2D eigenvalue weighted by molar-refractivity contribution is 5.92. The number of nitrogen functional groups attached to an aromatic ring is 1. The number of carbonyl (C=O) groups is 1. The zero-order valence-corrected chi connectivity index (χ0v) is 11.6. The van der Waals surface area contributed by atoms with Crippen LogP contribution in [0.5, 0.6) is 0 Å². The van der Waals surface area contributed by atoms with Gasteiger partial charge in [0.25, 0.3) is 0 Å². The largest absolute Gasteiger partial charge is 0.478 e. The van der Waals surface area contributed by atoms with Gasteiger partial charge < -0.3 is 21.1 Å². The maximum absolute atomic E-state index is 10.6. The Morgan fingerprint density at radius 3 is 2.95 bits per heavy atom. The van der Waals surface area contributed by atoms with E-state index in [0.29, 0.717) is 17.2 Å². The highest BCUT2D eigenvalue weighted by Gasteiger charge is 2.04. The van der Waals surface area contributed by atoms with Gasteiger partial charge >= 0.3 is 5.97 Å². The zero-order chi connectivity index (χ0) is 15.5. The second kappa shape index (κ2) is 5.61. The second-order valence-electron chi connectivity index (χ2n) is 4.76. The van der Waals surface area contributed by atoms with Gasteiger partial charge in [-0.15, -0.1) is 0 Å². The van der Waals surface area contributed by atoms with E-state index in [1.54, 1.807) is 6.20 Å². The van der Waals surface area contributed by atoms with E-state index >= 15 is 0 Å². The molecular formula is C16H14N4O2. The SMILES string of the molecule is Nc1cccc(Nc2ccc3c(C=CC(=O)O)c[nH]c3n2)c1. The predicted molar refractivity (Wildman–Crippen MR) is 86.9 cm³/mol. The lowest BCUT2D eigenvalue weighted by molar-refractivity contribution is -0.131. The van der Waals surface area contributed by atoms with Crippen molar-refractivity contribution in [2.24, 2.45) is 0 Å². The monoisotopic (exact) mass is 294 g/mol. The summed E-state index contributed by atoms with van der Waals surface area (Å²) in [5.74, 6) is -0.309. The number of nitrogens with zero attached hydrogens (tertiary/aromatic N) is 1. The van der Waals surface area contributed by atoms with Gasteiger partial charge in [0.05, 0.1) is 0 Å². The van der Waals surface area contributed by atoms with Crippen LogP contribution in [0.3, 0.4) is 0 Å². The predicted octanol–water partition coefficient (Wildman–Crippen LogP) is 2.99. The van der Waals surface area contributed by atoms with Gasteiger partial charge in [-0.05, 0) is 36.4 Å². The summed E-state index contributed by atoms with van der Waals surface area (Å²) in [6.07, 6.45) is 4.36. The lowest BCUT2D eigenvalue weighted by Gasteiger charge is -2.06. The number of hydrogen-bond donors (Lipinski definition) is 4. The van der Waals surface area contributed by atoms with Crippen LogP contribution in [-0.2, 0) is 4.79 Å². The lowest BCUT2D eigenvalue weighted by atomic mass is 10.2. The molecule has 3 rings (SSSR count). The van der Waals surface area contributed by atoms with E-state index in [1.165, 1.54) is 6.08 Å². The molecule has 0 saturated heterocycles. The Bertz CT molecular complexity index is 867. The average Bonchev–Trinajstić information content (AvgIpc) is 2.87. The van der Waals surface area contributed by atoms with Gasteiger partial charge in [-0.3, -0.25) is 0 Å². The number of anilines is 3. The summed E-state index contributed by atoms with van der Waals surface area (Å²) < 4.78 is 0. The van der Waals surface area contributed by atoms with Crippen LogP contribution in [0.15, 0.2) is 48.7 Å². The third-order valence-corrected chi connectivity index (χ3v) is 3.14. The summed E-state index contributed by atoms with van der Waals surface area (Å²) in [4.78, 5) is 18.1. The standard InChI is InChI=1S/C16H14N4O2/c17-11-2-1-3-12(8-11)19-14-6-5-13-10(4-7-15(21)22)9-18-16(13)20-14/h1-9H,17H2,(H,21,22)(H2,18,19,20). The number of aromatic amines is 1. The molecule has 0 unspecified atom stereocenters. The first-order chi connectivity index (χ1) is 10.6. The smallest absolute Gasteiger partial charge is 0.328 e. The van der Waals surface area contributed by atoms with E-state index < -0.39 is 5.97 Å². The van der Waals surface area contributed by atoms with Crippen molar-refractivity contribution in [2.45, 2.75) is 0 Å². The summed E-state index contributed by atoms with van der Waals surface area (Å²) in [5.41, 5.74) is 8.72. The maximum Gasteiger partial charge on any atom is 0.328 e. The van der Waals surface area contributed by atoms with Gasteiger partial charge in [-0.1, -0.05) is 6.07 Å². The molecule has 110 valence electrons. The zero-order valence-electron chi connectivity index (χ0n) is 11.6. The molecule has 0 bridgehead atoms. The van der Waals surface area contributed by atoms with Crippen LogP contribution < -0.4 is 11.1 Å². The van der Waals surface area contributed by atoms with Crippen LogP contribution in [0.1, 0.15) is 5.56 Å². The van der Waals surface area contributed by atoms with E-state index in [0.717, 1.165) is 22.7 Å². The van der Waals surface area contributed by atoms with Crippen LogP contribution in [0.2, 0.25) is 0 Å². The number of pyridine rings is 1. The first-order valence-electron chi connectivity index (χ1n) is 6.63. The molecular weight excluding hydrogens is 280 g/mol. The summed E-state index contributed by atoms with van der Waals surface area (Å²) in [6.45, 7) is 0. The molecule has 0 atom stereocenters. The number of fused-ring (bicyclic) bond motifs is 1. The van der Waals surface area contributed by atoms with Gasteiger partial charge in [0, 0.05) is 34.6 Å². The van der Waals surface area contributed by atoms with Gasteiger partial charge in [-0.2, -0.15) is 0 Å². The van der Waals surface area contributed by atoms with E-state index in [2.05, 4.69) is 15.3 Å². The van der Waals surface area contributed by atoms with E-state index in [4.69, 9.17) is 10.8 Å². The van der Waals surface area contributed by atoms with Crippen LogP contribution >= 0.6 is 0 Å². The second-order valence-corrected chi connectivity index (χ2v) is 4.76. The molecule has 3 aromatic rings. The number of nitrogens with one attached hydrogen (secondary N) is 2. The third-order valence-electron chi connectivity index (χ3n) is 3.14. The number of aliphatic carboxylic acids is 1. The number of H-pyrrole nitrogens is 1. The van der Waals surface area contributed by atoms with Crippen molar-refractivity contribution in [1.82, 2.24) is 9.97 Å². The Balaban J connectivity index is 1.89. The summed E-state index contributed by atoms with van der Waals surface area (Å²) >= 11 is 0. The number of rotatable bonds is 4. The molecule has 0 aliphatic carbocycles. The van der Waals surface area contributed by atoms with Crippen molar-refractivity contribution >= 4 is 40.3 Å². The van der Waals surface area contributed by atoms with E-state index in [9.17, 15) is 4.79 Å². The number of aromatic nitrogens is 2. The molecule has 0 spiro atoms. The first kappa shape index (κ1) is 13.7. The summed E-state index contributed by atoms with van der Waals surface area (Å²) in [7, 11) is 0. The van der Waals surface area contributed by atoms with Gasteiger partial charge in [0.2, 0.25) is 0 Å². The van der Waals surface area contributed by atoms with Gasteiger partial charge in [0.15, 0.2) is 0 Å². The number of carboxylic acid groups (broad SMARTS) is 1. The number of hydrogen-bond acceptors (Lipinski definition) is 4. The van der Waals surface area contributed by atoms with Gasteiger partial charge in [-0.25, -0.2) is 9.78 Å². The molecule has 0 amide bonds. The third kappa shape index (κ3) is 2.90. The fourth-order valence-electron chi connectivity index (χ4n) is 2.16. The minimum Gasteiger partial charge on any atom is -0.478 e. The minimum atomic E-state index is -0.984. The fourth-order valence-corrected chi connectivity index (χ4v) is 2.16. The fraction of sp³-hybridized carbons (Fsp3) is 0. The van der Waals surface area contributed by atoms with Gasteiger partial charge in [0.1, 0.15) is 11.5 Å². The van der Waals surface area contributed by atoms with Crippen molar-refractivity contribution in [3.8, 4) is 0 Å². The van der Waals surface area contributed by atoms with Crippen LogP contribution in [-0.4, -0.2) is 21.0 Å². The molecule has 1 aromatic carbocycles. The molecule has 0 aliphatic rings. The molecule has 6 heteroatoms. The molecule has 22 heavy (non-hydrogen) atoms. The van der Waals surface area contributed by atoms with Crippen LogP contribution in [0.4, 0.5) is 17.2 Å². The van der Waals surface area contributed by atoms with Crippen molar-refractivity contribution in [3.63, 3.8) is 0 Å². The Labute approximate surface area is 126 Å². The number of carboxylic acids is 1. The Morgan fingerprint density at radius 1 is 1.32 bits per heavy atom. The summed E-state index contributed by atoms with van der Waals surface area (Å²) in [6, 6.07) is 11.1. The van der Waals surface area contributed by atoms with E-state index in [1.807, 2.05) is 36.4 Å². The average molecular weight is 294 g/mol. The Hall–Kier alpha value is -3.28. The topological polar surface area (TPSA) is 104 Å². The highest BCUT2D eigenvalue weighted by Crippen LogP contribution is 2.22. The van der Waals surface area contributed by atoms with Crippen molar-refractivity contribution in [3.05, 3.63) is 54.2 Å². The molecule has 6 nitrogen and oxygen atoms in total. The number of benzene rings is 1. The Morgan fingerprint density at radius 2 is 2.18 bits per heavy atom. The van der Waals surface area contributed by atoms with E-state index in [-0.39, 0.29) is 0 Å². The van der Waals surface area contributed by atoms with Crippen LogP contribution in [0, 0.1) is 0 Å². The van der Waals surface area contributed by atoms with Crippen molar-refractivity contribution < 1.29 is 9.90 Å². The molecule has 5 N–H and O–H groups in total. The van der Waals surface area contributed by atoms with Crippen LogP contribution in [0.25, 0.3) is 17.1 Å². The maximum atomic E-state index is 10.6. The first-order valence-corrected chi connectivity index (χ1v) is 6.63. The molecule has 0 aliphatic heterocycles. The minimum absolute atomic E-state index is 0.673. The highest BCUT2D eigenvalue weighted by atomic mass is 16.4. The molecule has 2 heterocycles. The summed E-state index contributed by atoms with van der Waals surface area (Å²) in [5, 5.41) is 12.7. The molecule has 0 radical (unpaired) electrons. The van der Waals surface area contributed by atoms with Crippen molar-refractivity contribution in [1.29, 1.82) is 0 Å².